The Morgan fingerprint density at radius 1 is 0.264 bits per heavy atom. The molecule has 2 unspecified atom stereocenters. The number of hydrogen-bond acceptors (Lipinski definition) is 0. The molecular formula is C110H128. The summed E-state index contributed by atoms with van der Waals surface area (Å²) in [6.07, 6.45) is 46.8. The molecule has 0 heterocycles. The summed E-state index contributed by atoms with van der Waals surface area (Å²) in [6, 6.07) is 67.9. The van der Waals surface area contributed by atoms with Crippen LogP contribution in [-0.4, -0.2) is 0 Å². The summed E-state index contributed by atoms with van der Waals surface area (Å²) in [6.45, 7) is 29.8. The van der Waals surface area contributed by atoms with Gasteiger partial charge < -0.3 is 0 Å². The maximum absolute atomic E-state index is 2.96. The molecule has 2 atom stereocenters. The molecular weight excluding hydrogens is 1320 g/mol. The van der Waals surface area contributed by atoms with Gasteiger partial charge in [0.25, 0.3) is 0 Å². The van der Waals surface area contributed by atoms with Crippen LogP contribution >= 0.6 is 0 Å². The molecule has 568 valence electrons. The fourth-order valence-electron chi connectivity index (χ4n) is 23.8. The van der Waals surface area contributed by atoms with Crippen LogP contribution in [0, 0.1) is 5.92 Å². The third kappa shape index (κ3) is 12.2. The molecule has 0 aliphatic heterocycles. The lowest BCUT2D eigenvalue weighted by Gasteiger charge is -2.35. The summed E-state index contributed by atoms with van der Waals surface area (Å²) in [5, 5.41) is 5.58. The molecule has 110 heavy (non-hydrogen) atoms. The Kier molecular flexibility index (Phi) is 20.4. The van der Waals surface area contributed by atoms with E-state index in [1.807, 2.05) is 0 Å². The Morgan fingerprint density at radius 2 is 0.609 bits per heavy atom. The van der Waals surface area contributed by atoms with Crippen LogP contribution in [0.5, 0.6) is 0 Å². The monoisotopic (exact) mass is 1450 g/mol. The molecule has 10 aromatic rings. The molecule has 0 radical (unpaired) electrons. The predicted octanol–water partition coefficient (Wildman–Crippen LogP) is 32.5. The van der Waals surface area contributed by atoms with Gasteiger partial charge in [-0.1, -0.05) is 377 Å². The lowest BCUT2D eigenvalue weighted by atomic mass is 9.68. The zero-order chi connectivity index (χ0) is 75.9. The number of hydrogen-bond donors (Lipinski definition) is 0. The van der Waals surface area contributed by atoms with Gasteiger partial charge in [0.1, 0.15) is 0 Å². The summed E-state index contributed by atoms with van der Waals surface area (Å²) in [5.74, 6) is 0.805. The number of rotatable bonds is 32. The lowest BCUT2D eigenvalue weighted by molar-refractivity contribution is 0.394. The van der Waals surface area contributed by atoms with Crippen molar-refractivity contribution in [2.75, 3.05) is 0 Å². The molecule has 0 heteroatoms. The van der Waals surface area contributed by atoms with Crippen molar-refractivity contribution in [1.29, 1.82) is 0 Å². The highest BCUT2D eigenvalue weighted by atomic mass is 14.6. The standard InChI is InChI=1S/C110H128/c1-13-17-21-25-29-33-45-61-110(62-46-34-30-26-22-18-14-2)98-70-87-85-67-95-89(103-81-51-37-35-47-75(81)83(65-101(103)107(95,9)10)73-55-57-79-77-49-39-41-53-91(77)105(5,6)93(79)63-73)71-99(85)109(59-43-31-27-23-19-15-3,60-44-32-28-24-20-16-4)97(87)69-88(98)86-68-96-90(72-100(86)110)104-82-52-38-36-48-76(82)84(66-102(104)108(96,11)12)74-56-58-80-78-50-40-42-54-92(78)106(7,8)94(80)64-74/h35-42,47-58,63-72,80,94H,13-34,43-46,59-62H2,1-12H3. The van der Waals surface area contributed by atoms with Gasteiger partial charge in [0.15, 0.2) is 0 Å². The second kappa shape index (κ2) is 29.9. The van der Waals surface area contributed by atoms with Crippen molar-refractivity contribution in [2.24, 2.45) is 5.92 Å². The lowest BCUT2D eigenvalue weighted by Crippen LogP contribution is -2.27. The third-order valence-electron chi connectivity index (χ3n) is 30.0. The normalized spacial score (nSPS) is 18.3. The SMILES string of the molecule is CCCCCCCCCC1(CCCCCCCCC)c2cc3c(cc2-c2cc4c(cc21)-c1cc2c(cc1C4(CCCCCCCC)CCCCCCCC)-c1c(cc(-c4ccc5c(c4)C(C)(C)c4ccccc4-5)c4ccccc14)C2(C)C)C(C)(C)c1cc(C2=CC4C(C=C2)c2ccccc2C4(C)C)c2ccccc2c1-3. The fraction of sp³-hybridized carbons (Fsp3) is 0.455. The Balaban J connectivity index is 0.859. The Hall–Kier alpha value is -7.80. The second-order valence-electron chi connectivity index (χ2n) is 38.1. The predicted molar refractivity (Wildman–Crippen MR) is 476 cm³/mol. The second-order valence-corrected chi connectivity index (χ2v) is 38.1. The molecule has 0 saturated heterocycles. The molecule has 10 aromatic carbocycles. The van der Waals surface area contributed by atoms with Crippen molar-refractivity contribution in [3.8, 4) is 66.8 Å². The van der Waals surface area contributed by atoms with E-state index in [0.29, 0.717) is 11.8 Å². The van der Waals surface area contributed by atoms with E-state index in [2.05, 4.69) is 265 Å². The van der Waals surface area contributed by atoms with Gasteiger partial charge in [0.2, 0.25) is 0 Å². The molecule has 0 fully saturated rings. The van der Waals surface area contributed by atoms with Crippen molar-refractivity contribution in [2.45, 2.75) is 314 Å². The first-order valence-electron chi connectivity index (χ1n) is 44.9. The minimum absolute atomic E-state index is 0.0399. The average Bonchev–Trinajstić information content (AvgIpc) is 1.51. The van der Waals surface area contributed by atoms with Gasteiger partial charge >= 0.3 is 0 Å². The zero-order valence-electron chi connectivity index (χ0n) is 69.7. The van der Waals surface area contributed by atoms with E-state index in [4.69, 9.17) is 0 Å². The highest BCUT2D eigenvalue weighted by molar-refractivity contribution is 6.11. The molecule has 7 aliphatic rings. The summed E-state index contributed by atoms with van der Waals surface area (Å²) < 4.78 is 0. The molecule has 7 aliphatic carbocycles. The first-order chi connectivity index (χ1) is 53.4. The summed E-state index contributed by atoms with van der Waals surface area (Å²) in [4.78, 5) is 0. The molecule has 0 spiro atoms. The van der Waals surface area contributed by atoms with Crippen molar-refractivity contribution in [3.05, 3.63) is 254 Å². The Labute approximate surface area is 663 Å². The van der Waals surface area contributed by atoms with Crippen LogP contribution in [0.25, 0.3) is 93.9 Å². The van der Waals surface area contributed by atoms with Gasteiger partial charge in [-0.05, 0) is 258 Å². The number of allylic oxidation sites excluding steroid dienone is 4. The van der Waals surface area contributed by atoms with E-state index in [1.54, 1.807) is 44.5 Å². The maximum Gasteiger partial charge on any atom is 0.0215 e. The van der Waals surface area contributed by atoms with Gasteiger partial charge in [0.05, 0.1) is 0 Å². The fourth-order valence-corrected chi connectivity index (χ4v) is 23.8. The van der Waals surface area contributed by atoms with Crippen LogP contribution in [0.15, 0.2) is 182 Å². The summed E-state index contributed by atoms with van der Waals surface area (Å²) >= 11 is 0. The van der Waals surface area contributed by atoms with Gasteiger partial charge in [-0.2, -0.15) is 0 Å². The molecule has 0 bridgehead atoms. The largest absolute Gasteiger partial charge is 0.0758 e. The number of benzene rings is 10. The van der Waals surface area contributed by atoms with Crippen LogP contribution in [0.1, 0.15) is 354 Å². The minimum atomic E-state index is -0.235. The zero-order valence-corrected chi connectivity index (χ0v) is 69.7. The topological polar surface area (TPSA) is 0 Å². The van der Waals surface area contributed by atoms with Crippen molar-refractivity contribution in [1.82, 2.24) is 0 Å². The van der Waals surface area contributed by atoms with Crippen LogP contribution in [0.2, 0.25) is 0 Å². The van der Waals surface area contributed by atoms with E-state index < -0.39 is 0 Å². The Bertz CT molecular complexity index is 5190. The van der Waals surface area contributed by atoms with Crippen LogP contribution in [0.4, 0.5) is 0 Å². The molecule has 0 aromatic heterocycles. The van der Waals surface area contributed by atoms with Crippen LogP contribution in [-0.2, 0) is 32.5 Å². The molecule has 0 amide bonds. The molecule has 0 N–H and O–H groups in total. The smallest absolute Gasteiger partial charge is 0.0215 e. The first-order valence-corrected chi connectivity index (χ1v) is 44.9. The Morgan fingerprint density at radius 3 is 1.08 bits per heavy atom. The molecule has 17 rings (SSSR count). The third-order valence-corrected chi connectivity index (χ3v) is 30.0. The van der Waals surface area contributed by atoms with Gasteiger partial charge in [-0.3, -0.25) is 0 Å². The molecule has 0 nitrogen and oxygen atoms in total. The van der Waals surface area contributed by atoms with E-state index >= 15 is 0 Å². The maximum atomic E-state index is 2.96. The quantitative estimate of drug-likeness (QED) is 0.0369. The number of unbranched alkanes of at least 4 members (excludes halogenated alkanes) is 22. The van der Waals surface area contributed by atoms with Gasteiger partial charge in [-0.15, -0.1) is 0 Å². The summed E-state index contributed by atoms with van der Waals surface area (Å²) in [7, 11) is 0. The first kappa shape index (κ1) is 74.9. The number of fused-ring (bicyclic) bond motifs is 22. The van der Waals surface area contributed by atoms with Gasteiger partial charge in [-0.25, -0.2) is 0 Å². The minimum Gasteiger partial charge on any atom is -0.0758 e. The average molecular weight is 1450 g/mol. The molecule has 0 saturated carbocycles. The van der Waals surface area contributed by atoms with E-state index in [0.717, 1.165) is 0 Å². The highest BCUT2D eigenvalue weighted by Crippen LogP contribution is 2.67. The van der Waals surface area contributed by atoms with Gasteiger partial charge in [0, 0.05) is 33.0 Å². The van der Waals surface area contributed by atoms with E-state index in [-0.39, 0.29) is 32.5 Å². The van der Waals surface area contributed by atoms with Crippen molar-refractivity contribution >= 4 is 27.1 Å². The van der Waals surface area contributed by atoms with E-state index in [9.17, 15) is 0 Å². The van der Waals surface area contributed by atoms with Crippen molar-refractivity contribution < 1.29 is 0 Å². The summed E-state index contributed by atoms with van der Waals surface area (Å²) in [5.41, 5.74) is 38.3. The van der Waals surface area contributed by atoms with Crippen LogP contribution < -0.4 is 0 Å². The van der Waals surface area contributed by atoms with E-state index in [1.165, 1.54) is 314 Å². The van der Waals surface area contributed by atoms with Crippen molar-refractivity contribution in [3.63, 3.8) is 0 Å². The highest BCUT2D eigenvalue weighted by Gasteiger charge is 2.52. The van der Waals surface area contributed by atoms with Crippen LogP contribution in [0.3, 0.4) is 0 Å².